The summed E-state index contributed by atoms with van der Waals surface area (Å²) in [6.07, 6.45) is 0.495. The average Bonchev–Trinajstić information content (AvgIpc) is 3.01. The maximum atomic E-state index is 13.3. The van der Waals surface area contributed by atoms with Crippen molar-refractivity contribution in [1.29, 1.82) is 0 Å². The van der Waals surface area contributed by atoms with Crippen LogP contribution in [0.1, 0.15) is 49.0 Å². The summed E-state index contributed by atoms with van der Waals surface area (Å²) in [7, 11) is -3.93. The van der Waals surface area contributed by atoms with Gasteiger partial charge in [-0.15, -0.1) is 0 Å². The second-order valence-electron chi connectivity index (χ2n) is 7.91. The molecule has 1 aliphatic rings. The van der Waals surface area contributed by atoms with Crippen LogP contribution in [-0.2, 0) is 26.2 Å². The lowest BCUT2D eigenvalue weighted by Gasteiger charge is -2.31. The van der Waals surface area contributed by atoms with Crippen LogP contribution in [0.3, 0.4) is 0 Å². The maximum absolute atomic E-state index is 13.3. The van der Waals surface area contributed by atoms with E-state index in [0.717, 1.165) is 4.31 Å². The predicted octanol–water partition coefficient (Wildman–Crippen LogP) is 3.21. The van der Waals surface area contributed by atoms with Gasteiger partial charge < -0.3 is 10.2 Å². The van der Waals surface area contributed by atoms with E-state index in [0.29, 0.717) is 23.6 Å². The van der Waals surface area contributed by atoms with E-state index in [1.165, 1.54) is 17.0 Å². The molecule has 0 aromatic heterocycles. The van der Waals surface area contributed by atoms with Crippen LogP contribution in [0.4, 0.5) is 0 Å². The van der Waals surface area contributed by atoms with E-state index < -0.39 is 22.0 Å². The topological polar surface area (TPSA) is 104 Å². The Morgan fingerprint density at radius 3 is 2.41 bits per heavy atom. The Hall–Kier alpha value is -2.91. The largest absolute Gasteiger partial charge is 0.355 e. The SMILES string of the molecule is CCNC(=O)C(CC)N(Cc1ccccc1Cl)C(=O)CCCN1C(=O)c2ccccc2S1(=O)=O. The van der Waals surface area contributed by atoms with Gasteiger partial charge in [-0.2, -0.15) is 0 Å². The predicted molar refractivity (Wildman–Crippen MR) is 129 cm³/mol. The van der Waals surface area contributed by atoms with Crippen LogP contribution in [0.25, 0.3) is 0 Å². The second-order valence-corrected chi connectivity index (χ2v) is 10.2. The van der Waals surface area contributed by atoms with Crippen molar-refractivity contribution in [3.8, 4) is 0 Å². The highest BCUT2D eigenvalue weighted by Gasteiger charge is 2.40. The molecule has 1 aliphatic heterocycles. The first kappa shape index (κ1) is 25.7. The van der Waals surface area contributed by atoms with Gasteiger partial charge in [-0.3, -0.25) is 14.4 Å². The molecular weight excluding hydrogens is 478 g/mol. The van der Waals surface area contributed by atoms with E-state index in [4.69, 9.17) is 11.6 Å². The van der Waals surface area contributed by atoms with Crippen molar-refractivity contribution >= 4 is 39.3 Å². The Labute approximate surface area is 204 Å². The summed E-state index contributed by atoms with van der Waals surface area (Å²) >= 11 is 6.29. The van der Waals surface area contributed by atoms with Gasteiger partial charge in [0.2, 0.25) is 11.8 Å². The van der Waals surface area contributed by atoms with Crippen LogP contribution < -0.4 is 5.32 Å². The van der Waals surface area contributed by atoms with E-state index in [1.54, 1.807) is 43.3 Å². The van der Waals surface area contributed by atoms with Crippen molar-refractivity contribution in [3.05, 3.63) is 64.7 Å². The maximum Gasteiger partial charge on any atom is 0.269 e. The number of nitrogens with one attached hydrogen (secondary N) is 1. The second kappa shape index (κ2) is 11.0. The molecule has 0 saturated heterocycles. The standard InChI is InChI=1S/C24H28ClN3O5S/c1-3-20(23(30)26-4-2)27(16-17-10-5-7-12-19(17)25)22(29)14-9-15-28-24(31)18-11-6-8-13-21(18)34(28,32)33/h5-8,10-13,20H,3-4,9,14-16H2,1-2H3,(H,26,30). The third-order valence-corrected chi connectivity index (χ3v) is 7.91. The molecule has 3 amide bonds. The average molecular weight is 506 g/mol. The lowest BCUT2D eigenvalue weighted by Crippen LogP contribution is -2.49. The molecule has 0 radical (unpaired) electrons. The summed E-state index contributed by atoms with van der Waals surface area (Å²) < 4.78 is 26.3. The Bertz CT molecular complexity index is 1180. The van der Waals surface area contributed by atoms with Crippen molar-refractivity contribution in [2.45, 2.75) is 50.6 Å². The molecule has 1 unspecified atom stereocenters. The van der Waals surface area contributed by atoms with Gasteiger partial charge in [-0.25, -0.2) is 12.7 Å². The van der Waals surface area contributed by atoms with Crippen molar-refractivity contribution in [2.75, 3.05) is 13.1 Å². The highest BCUT2D eigenvalue weighted by atomic mass is 35.5. The normalized spacial score (nSPS) is 15.0. The molecule has 0 spiro atoms. The fourth-order valence-corrected chi connectivity index (χ4v) is 5.79. The molecule has 34 heavy (non-hydrogen) atoms. The molecule has 2 aromatic carbocycles. The van der Waals surface area contributed by atoms with Crippen molar-refractivity contribution in [3.63, 3.8) is 0 Å². The van der Waals surface area contributed by atoms with E-state index in [1.807, 2.05) is 6.92 Å². The molecule has 10 heteroatoms. The zero-order valence-corrected chi connectivity index (χ0v) is 20.7. The van der Waals surface area contributed by atoms with Crippen LogP contribution in [0.5, 0.6) is 0 Å². The first-order chi connectivity index (χ1) is 16.2. The fourth-order valence-electron chi connectivity index (χ4n) is 3.99. The van der Waals surface area contributed by atoms with Gasteiger partial charge in [-0.1, -0.05) is 48.9 Å². The van der Waals surface area contributed by atoms with Crippen molar-refractivity contribution in [1.82, 2.24) is 14.5 Å². The number of hydrogen-bond donors (Lipinski definition) is 1. The van der Waals surface area contributed by atoms with Crippen LogP contribution >= 0.6 is 11.6 Å². The first-order valence-corrected chi connectivity index (χ1v) is 13.0. The molecule has 1 N–H and O–H groups in total. The van der Waals surface area contributed by atoms with Crippen LogP contribution in [-0.4, -0.2) is 54.5 Å². The third-order valence-electron chi connectivity index (χ3n) is 5.70. The van der Waals surface area contributed by atoms with Gasteiger partial charge in [0.05, 0.1) is 5.56 Å². The lowest BCUT2D eigenvalue weighted by atomic mass is 10.1. The number of sulfonamides is 1. The molecular formula is C24H28ClN3O5S. The number of halogens is 1. The van der Waals surface area contributed by atoms with E-state index >= 15 is 0 Å². The minimum Gasteiger partial charge on any atom is -0.355 e. The summed E-state index contributed by atoms with van der Waals surface area (Å²) in [5.41, 5.74) is 0.837. The molecule has 0 bridgehead atoms. The van der Waals surface area contributed by atoms with Crippen LogP contribution in [0.15, 0.2) is 53.4 Å². The molecule has 0 saturated carbocycles. The molecule has 1 atom stereocenters. The molecule has 182 valence electrons. The van der Waals surface area contributed by atoms with Crippen molar-refractivity contribution < 1.29 is 22.8 Å². The molecule has 3 rings (SSSR count). The summed E-state index contributed by atoms with van der Waals surface area (Å²) in [5, 5.41) is 3.25. The van der Waals surface area contributed by atoms with Gasteiger partial charge in [0.1, 0.15) is 10.9 Å². The number of rotatable bonds is 10. The number of benzene rings is 2. The Kier molecular flexibility index (Phi) is 8.33. The number of likely N-dealkylation sites (N-methyl/N-ethyl adjacent to an activating group) is 1. The Morgan fingerprint density at radius 2 is 1.76 bits per heavy atom. The summed E-state index contributed by atoms with van der Waals surface area (Å²) in [4.78, 5) is 40.0. The summed E-state index contributed by atoms with van der Waals surface area (Å²) in [6.45, 7) is 4.06. The van der Waals surface area contributed by atoms with E-state index in [2.05, 4.69) is 5.32 Å². The number of hydrogen-bond acceptors (Lipinski definition) is 5. The zero-order valence-electron chi connectivity index (χ0n) is 19.2. The molecule has 2 aromatic rings. The lowest BCUT2D eigenvalue weighted by molar-refractivity contribution is -0.141. The monoisotopic (exact) mass is 505 g/mol. The van der Waals surface area contributed by atoms with E-state index in [9.17, 15) is 22.8 Å². The van der Waals surface area contributed by atoms with Gasteiger partial charge in [0, 0.05) is 31.1 Å². The van der Waals surface area contributed by atoms with Gasteiger partial charge >= 0.3 is 0 Å². The van der Waals surface area contributed by atoms with Crippen LogP contribution in [0.2, 0.25) is 5.02 Å². The number of carbonyl (C=O) groups is 3. The van der Waals surface area contributed by atoms with Gasteiger partial charge in [-0.05, 0) is 43.5 Å². The van der Waals surface area contributed by atoms with Crippen LogP contribution in [0, 0.1) is 0 Å². The molecule has 8 nitrogen and oxygen atoms in total. The smallest absolute Gasteiger partial charge is 0.269 e. The summed E-state index contributed by atoms with van der Waals surface area (Å²) in [5.74, 6) is -1.18. The van der Waals surface area contributed by atoms with Crippen molar-refractivity contribution in [2.24, 2.45) is 0 Å². The molecule has 1 heterocycles. The number of nitrogens with zero attached hydrogens (tertiary/aromatic N) is 2. The molecule has 0 aliphatic carbocycles. The van der Waals surface area contributed by atoms with Gasteiger partial charge in [0.25, 0.3) is 15.9 Å². The third kappa shape index (κ3) is 5.26. The molecule has 0 fully saturated rings. The summed E-state index contributed by atoms with van der Waals surface area (Å²) in [6, 6.07) is 12.4. The number of fused-ring (bicyclic) bond motifs is 1. The van der Waals surface area contributed by atoms with Gasteiger partial charge in [0.15, 0.2) is 0 Å². The zero-order chi connectivity index (χ0) is 24.9. The first-order valence-electron chi connectivity index (χ1n) is 11.2. The Balaban J connectivity index is 1.75. The Morgan fingerprint density at radius 1 is 1.09 bits per heavy atom. The number of amides is 3. The van der Waals surface area contributed by atoms with E-state index in [-0.39, 0.29) is 48.2 Å². The minimum atomic E-state index is -3.93. The quantitative estimate of drug-likeness (QED) is 0.534. The highest BCUT2D eigenvalue weighted by molar-refractivity contribution is 7.90. The minimum absolute atomic E-state index is 0.0195. The fraction of sp³-hybridized carbons (Fsp3) is 0.375. The highest BCUT2D eigenvalue weighted by Crippen LogP contribution is 2.30. The number of carbonyl (C=O) groups excluding carboxylic acids is 3.